The first-order valence-electron chi connectivity index (χ1n) is 10.2. The average molecular weight is 452 g/mol. The predicted molar refractivity (Wildman–Crippen MR) is 120 cm³/mol. The Morgan fingerprint density at radius 2 is 1.66 bits per heavy atom. The van der Waals surface area contributed by atoms with Crippen LogP contribution in [0.25, 0.3) is 0 Å². The van der Waals surface area contributed by atoms with E-state index in [9.17, 15) is 14.0 Å². The highest BCUT2D eigenvalue weighted by atomic mass is 32.2. The molecule has 6 nitrogen and oxygen atoms in total. The van der Waals surface area contributed by atoms with E-state index < -0.39 is 11.4 Å². The molecule has 2 N–H and O–H groups in total. The number of ether oxygens (including phenoxy) is 1. The maximum absolute atomic E-state index is 13.1. The summed E-state index contributed by atoms with van der Waals surface area (Å²) >= 11 is 1.40. The highest BCUT2D eigenvalue weighted by Crippen LogP contribution is 2.40. The van der Waals surface area contributed by atoms with Gasteiger partial charge in [0.15, 0.2) is 0 Å². The molecule has 0 saturated carbocycles. The first kappa shape index (κ1) is 21.8. The van der Waals surface area contributed by atoms with Gasteiger partial charge >= 0.3 is 0 Å². The van der Waals surface area contributed by atoms with E-state index in [4.69, 9.17) is 10.5 Å². The van der Waals surface area contributed by atoms with Crippen molar-refractivity contribution in [2.24, 2.45) is 5.73 Å². The molecule has 1 aromatic heterocycles. The Kier molecular flexibility index (Phi) is 6.41. The van der Waals surface area contributed by atoms with Crippen molar-refractivity contribution < 1.29 is 18.7 Å². The number of nitrogens with zero attached hydrogens (tertiary/aromatic N) is 2. The minimum absolute atomic E-state index is 0.144. The number of pyridine rings is 1. The second kappa shape index (κ2) is 9.40. The number of halogens is 1. The summed E-state index contributed by atoms with van der Waals surface area (Å²) in [5, 5.41) is 0. The van der Waals surface area contributed by atoms with Crippen LogP contribution in [-0.4, -0.2) is 34.0 Å². The van der Waals surface area contributed by atoms with Gasteiger partial charge in [0, 0.05) is 23.8 Å². The van der Waals surface area contributed by atoms with E-state index in [-0.39, 0.29) is 17.5 Å². The molecule has 1 fully saturated rings. The topological polar surface area (TPSA) is 85.5 Å². The average Bonchev–Trinajstić information content (AvgIpc) is 3.27. The van der Waals surface area contributed by atoms with Crippen LogP contribution in [0.1, 0.15) is 18.4 Å². The van der Waals surface area contributed by atoms with Gasteiger partial charge in [-0.2, -0.15) is 0 Å². The van der Waals surface area contributed by atoms with Crippen LogP contribution in [0.4, 0.5) is 4.39 Å². The molecule has 2 aromatic carbocycles. The van der Waals surface area contributed by atoms with Gasteiger partial charge in [-0.15, -0.1) is 11.8 Å². The largest absolute Gasteiger partial charge is 0.457 e. The second-order valence-corrected chi connectivity index (χ2v) is 8.47. The van der Waals surface area contributed by atoms with Crippen LogP contribution in [0.3, 0.4) is 0 Å². The Bertz CT molecular complexity index is 1090. The van der Waals surface area contributed by atoms with E-state index >= 15 is 0 Å². The summed E-state index contributed by atoms with van der Waals surface area (Å²) in [5.74, 6) is 0.187. The molecule has 1 aliphatic heterocycles. The van der Waals surface area contributed by atoms with Gasteiger partial charge in [0.2, 0.25) is 11.8 Å². The first-order valence-corrected chi connectivity index (χ1v) is 11.1. The molecule has 2 amide bonds. The highest BCUT2D eigenvalue weighted by molar-refractivity contribution is 8.00. The van der Waals surface area contributed by atoms with Gasteiger partial charge in [0.1, 0.15) is 22.9 Å². The van der Waals surface area contributed by atoms with E-state index in [1.54, 1.807) is 41.6 Å². The maximum atomic E-state index is 13.1. The maximum Gasteiger partial charge on any atom is 0.248 e. The van der Waals surface area contributed by atoms with Gasteiger partial charge in [-0.1, -0.05) is 12.1 Å². The fourth-order valence-corrected chi connectivity index (χ4v) is 4.71. The first-order chi connectivity index (χ1) is 15.5. The number of rotatable bonds is 7. The monoisotopic (exact) mass is 451 g/mol. The molecular weight excluding hydrogens is 429 g/mol. The molecule has 1 unspecified atom stereocenters. The van der Waals surface area contributed by atoms with Gasteiger partial charge in [-0.05, 0) is 66.9 Å². The quantitative estimate of drug-likeness (QED) is 0.547. The zero-order valence-electron chi connectivity index (χ0n) is 17.2. The lowest BCUT2D eigenvalue weighted by Gasteiger charge is -2.36. The number of carbonyl (C=O) groups excluding carboxylic acids is 2. The van der Waals surface area contributed by atoms with Crippen LogP contribution in [0.5, 0.6) is 11.5 Å². The van der Waals surface area contributed by atoms with Crippen LogP contribution >= 0.6 is 11.8 Å². The molecule has 164 valence electrons. The Morgan fingerprint density at radius 3 is 2.28 bits per heavy atom. The zero-order chi connectivity index (χ0) is 22.6. The molecule has 32 heavy (non-hydrogen) atoms. The number of hydrogen-bond donors (Lipinski definition) is 1. The molecule has 3 aromatic rings. The lowest BCUT2D eigenvalue weighted by molar-refractivity contribution is -0.142. The van der Waals surface area contributed by atoms with Crippen LogP contribution in [-0.2, 0) is 15.1 Å². The third-order valence-electron chi connectivity index (χ3n) is 5.48. The molecule has 1 atom stereocenters. The number of thioether (sulfide) groups is 1. The van der Waals surface area contributed by atoms with Crippen molar-refractivity contribution in [1.82, 2.24) is 9.88 Å². The summed E-state index contributed by atoms with van der Waals surface area (Å²) in [7, 11) is 0. The van der Waals surface area contributed by atoms with Gasteiger partial charge < -0.3 is 15.4 Å². The van der Waals surface area contributed by atoms with Crippen molar-refractivity contribution in [2.75, 3.05) is 12.3 Å². The Hall–Kier alpha value is -3.39. The van der Waals surface area contributed by atoms with Crippen LogP contribution in [0, 0.1) is 5.82 Å². The van der Waals surface area contributed by atoms with Crippen LogP contribution in [0.2, 0.25) is 0 Å². The van der Waals surface area contributed by atoms with E-state index in [0.717, 1.165) is 4.90 Å². The number of amides is 2. The van der Waals surface area contributed by atoms with E-state index in [1.165, 1.54) is 36.0 Å². The number of nitrogens with two attached hydrogens (primary N) is 1. The number of primary amides is 1. The standard InChI is InChI=1S/C24H22FN3O3S/c25-18-4-8-20(9-5-18)31-19-6-2-17(3-7-19)24(23(26)30)12-1-15-28(24)22(29)16-32-21-10-13-27-14-11-21/h2-11,13-14H,1,12,15-16H2,(H2,26,30). The van der Waals surface area contributed by atoms with Crippen molar-refractivity contribution in [3.8, 4) is 11.5 Å². The van der Waals surface area contributed by atoms with Crippen molar-refractivity contribution in [1.29, 1.82) is 0 Å². The molecule has 8 heteroatoms. The third kappa shape index (κ3) is 4.45. The number of likely N-dealkylation sites (tertiary alicyclic amines) is 1. The molecule has 0 aliphatic carbocycles. The SMILES string of the molecule is NC(=O)C1(c2ccc(Oc3ccc(F)cc3)cc2)CCCN1C(=O)CSc1ccncc1. The molecular formula is C24H22FN3O3S. The van der Waals surface area contributed by atoms with Crippen LogP contribution < -0.4 is 10.5 Å². The van der Waals surface area contributed by atoms with E-state index in [2.05, 4.69) is 4.98 Å². The lowest BCUT2D eigenvalue weighted by Crippen LogP contribution is -2.54. The minimum Gasteiger partial charge on any atom is -0.457 e. The fraction of sp³-hybridized carbons (Fsp3) is 0.208. The summed E-state index contributed by atoms with van der Waals surface area (Å²) in [6.07, 6.45) is 4.49. The number of carbonyl (C=O) groups is 2. The van der Waals surface area contributed by atoms with Gasteiger partial charge in [0.25, 0.3) is 0 Å². The van der Waals surface area contributed by atoms with Crippen molar-refractivity contribution in [2.45, 2.75) is 23.3 Å². The summed E-state index contributed by atoms with van der Waals surface area (Å²) in [4.78, 5) is 32.2. The number of hydrogen-bond acceptors (Lipinski definition) is 5. The highest BCUT2D eigenvalue weighted by Gasteiger charge is 2.49. The van der Waals surface area contributed by atoms with Crippen molar-refractivity contribution in [3.05, 3.63) is 84.4 Å². The predicted octanol–water partition coefficient (Wildman–Crippen LogP) is 4.11. The Balaban J connectivity index is 1.53. The normalized spacial score (nSPS) is 17.8. The second-order valence-electron chi connectivity index (χ2n) is 7.43. The van der Waals surface area contributed by atoms with Gasteiger partial charge in [-0.25, -0.2) is 4.39 Å². The number of benzene rings is 2. The molecule has 1 saturated heterocycles. The fourth-order valence-electron chi connectivity index (χ4n) is 3.95. The Labute approximate surface area is 189 Å². The van der Waals surface area contributed by atoms with Gasteiger partial charge in [-0.3, -0.25) is 14.6 Å². The lowest BCUT2D eigenvalue weighted by atomic mass is 9.86. The summed E-state index contributed by atoms with van der Waals surface area (Å²) < 4.78 is 18.8. The Morgan fingerprint density at radius 1 is 1.03 bits per heavy atom. The molecule has 2 heterocycles. The molecule has 0 radical (unpaired) electrons. The molecule has 0 bridgehead atoms. The van der Waals surface area contributed by atoms with E-state index in [0.29, 0.717) is 36.4 Å². The molecule has 0 spiro atoms. The summed E-state index contributed by atoms with van der Waals surface area (Å²) in [6, 6.07) is 16.3. The van der Waals surface area contributed by atoms with Gasteiger partial charge in [0.05, 0.1) is 5.75 Å². The molecule has 1 aliphatic rings. The van der Waals surface area contributed by atoms with Crippen LogP contribution in [0.15, 0.2) is 78.0 Å². The smallest absolute Gasteiger partial charge is 0.248 e. The number of aromatic nitrogens is 1. The van der Waals surface area contributed by atoms with Crippen molar-refractivity contribution in [3.63, 3.8) is 0 Å². The zero-order valence-corrected chi connectivity index (χ0v) is 18.1. The van der Waals surface area contributed by atoms with E-state index in [1.807, 2.05) is 12.1 Å². The van der Waals surface area contributed by atoms with Crippen molar-refractivity contribution >= 4 is 23.6 Å². The molecule has 4 rings (SSSR count). The summed E-state index contributed by atoms with van der Waals surface area (Å²) in [6.45, 7) is 0.465. The third-order valence-corrected chi connectivity index (χ3v) is 6.48. The summed E-state index contributed by atoms with van der Waals surface area (Å²) in [5.41, 5.74) is 5.32. The minimum atomic E-state index is -1.19.